The molecule has 0 saturated heterocycles. The zero-order valence-corrected chi connectivity index (χ0v) is 11.8. The van der Waals surface area contributed by atoms with Gasteiger partial charge in [0, 0.05) is 7.11 Å². The number of benzene rings is 1. The topological polar surface area (TPSA) is 56.5 Å². The minimum absolute atomic E-state index is 0.127. The van der Waals surface area contributed by atoms with Gasteiger partial charge in [0.2, 0.25) is 0 Å². The van der Waals surface area contributed by atoms with Crippen molar-refractivity contribution in [2.75, 3.05) is 14.2 Å². The number of hydrazine groups is 1. The maximum atomic E-state index is 5.81. The molecule has 1 saturated carbocycles. The molecule has 4 nitrogen and oxygen atoms in total. The first kappa shape index (κ1) is 14.3. The van der Waals surface area contributed by atoms with Crippen LogP contribution in [0.4, 0.5) is 0 Å². The fourth-order valence-electron chi connectivity index (χ4n) is 3.10. The number of nitrogens with one attached hydrogen (secondary N) is 1. The highest BCUT2D eigenvalue weighted by molar-refractivity contribution is 5.29. The van der Waals surface area contributed by atoms with Crippen molar-refractivity contribution >= 4 is 0 Å². The summed E-state index contributed by atoms with van der Waals surface area (Å²) in [4.78, 5) is 0. The van der Waals surface area contributed by atoms with Crippen molar-refractivity contribution < 1.29 is 9.47 Å². The summed E-state index contributed by atoms with van der Waals surface area (Å²) >= 11 is 0. The number of hydrogen-bond donors (Lipinski definition) is 2. The Balaban J connectivity index is 2.13. The molecule has 0 aliphatic heterocycles. The maximum Gasteiger partial charge on any atom is 0.119 e. The summed E-state index contributed by atoms with van der Waals surface area (Å²) in [5, 5.41) is 0. The van der Waals surface area contributed by atoms with Gasteiger partial charge in [-0.1, -0.05) is 25.0 Å². The molecule has 0 amide bonds. The van der Waals surface area contributed by atoms with Crippen LogP contribution in [0.1, 0.15) is 31.2 Å². The van der Waals surface area contributed by atoms with Gasteiger partial charge in [-0.15, -0.1) is 0 Å². The van der Waals surface area contributed by atoms with Gasteiger partial charge in [0.15, 0.2) is 0 Å². The molecule has 3 N–H and O–H groups in total. The third-order valence-electron chi connectivity index (χ3n) is 4.27. The van der Waals surface area contributed by atoms with Crippen LogP contribution in [-0.4, -0.2) is 25.9 Å². The van der Waals surface area contributed by atoms with Crippen LogP contribution in [0.5, 0.6) is 5.75 Å². The second-order valence-electron chi connectivity index (χ2n) is 5.25. The van der Waals surface area contributed by atoms with E-state index in [1.54, 1.807) is 14.2 Å². The smallest absolute Gasteiger partial charge is 0.119 e. The number of nitrogens with two attached hydrogens (primary N) is 1. The van der Waals surface area contributed by atoms with E-state index in [2.05, 4.69) is 17.6 Å². The maximum absolute atomic E-state index is 5.81. The summed E-state index contributed by atoms with van der Waals surface area (Å²) in [6.07, 6.45) is 5.42. The molecule has 0 heterocycles. The van der Waals surface area contributed by atoms with Gasteiger partial charge in [-0.3, -0.25) is 11.3 Å². The van der Waals surface area contributed by atoms with Crippen molar-refractivity contribution in [3.8, 4) is 5.75 Å². The highest BCUT2D eigenvalue weighted by Crippen LogP contribution is 2.36. The minimum Gasteiger partial charge on any atom is -0.497 e. The standard InChI is InChI=1S/C15H24N2O2/c1-18-13-7-5-6-12(10-13)11-14(17-16)15(19-2)8-3-4-9-15/h5-7,10,14,17H,3-4,8-9,11,16H2,1-2H3. The van der Waals surface area contributed by atoms with Gasteiger partial charge >= 0.3 is 0 Å². The molecule has 1 fully saturated rings. The Bertz CT molecular complexity index is 403. The summed E-state index contributed by atoms with van der Waals surface area (Å²) in [5.74, 6) is 6.65. The molecule has 19 heavy (non-hydrogen) atoms. The van der Waals surface area contributed by atoms with E-state index in [1.807, 2.05) is 12.1 Å². The van der Waals surface area contributed by atoms with Gasteiger partial charge in [-0.05, 0) is 37.0 Å². The summed E-state index contributed by atoms with van der Waals surface area (Å²) in [6, 6.07) is 8.26. The van der Waals surface area contributed by atoms with Gasteiger partial charge in [0.25, 0.3) is 0 Å². The molecule has 1 aliphatic carbocycles. The molecule has 1 aliphatic rings. The van der Waals surface area contributed by atoms with Gasteiger partial charge in [0.1, 0.15) is 5.75 Å². The minimum atomic E-state index is -0.127. The van der Waals surface area contributed by atoms with E-state index in [-0.39, 0.29) is 11.6 Å². The van der Waals surface area contributed by atoms with Crippen LogP contribution in [0.25, 0.3) is 0 Å². The van der Waals surface area contributed by atoms with Crippen LogP contribution in [0.3, 0.4) is 0 Å². The zero-order chi connectivity index (χ0) is 13.7. The first-order chi connectivity index (χ1) is 9.24. The van der Waals surface area contributed by atoms with Gasteiger partial charge in [0.05, 0.1) is 18.8 Å². The molecular weight excluding hydrogens is 240 g/mol. The Hall–Kier alpha value is -1.10. The van der Waals surface area contributed by atoms with Crippen molar-refractivity contribution in [3.63, 3.8) is 0 Å². The van der Waals surface area contributed by atoms with E-state index in [0.717, 1.165) is 25.0 Å². The van der Waals surface area contributed by atoms with Gasteiger partial charge in [-0.2, -0.15) is 0 Å². The average Bonchev–Trinajstić information content (AvgIpc) is 2.95. The molecule has 0 bridgehead atoms. The molecule has 0 aromatic heterocycles. The van der Waals surface area contributed by atoms with E-state index in [0.29, 0.717) is 0 Å². The number of rotatable bonds is 6. The number of ether oxygens (including phenoxy) is 2. The van der Waals surface area contributed by atoms with Crippen molar-refractivity contribution in [2.45, 2.75) is 43.7 Å². The highest BCUT2D eigenvalue weighted by atomic mass is 16.5. The highest BCUT2D eigenvalue weighted by Gasteiger charge is 2.41. The molecule has 1 aromatic rings. The van der Waals surface area contributed by atoms with Crippen LogP contribution >= 0.6 is 0 Å². The SMILES string of the molecule is COc1cccc(CC(NN)C2(OC)CCCC2)c1. The Labute approximate surface area is 115 Å². The quantitative estimate of drug-likeness (QED) is 0.610. The second-order valence-corrected chi connectivity index (χ2v) is 5.25. The molecule has 4 heteroatoms. The van der Waals surface area contributed by atoms with E-state index >= 15 is 0 Å². The van der Waals surface area contributed by atoms with Crippen molar-refractivity contribution in [1.29, 1.82) is 0 Å². The lowest BCUT2D eigenvalue weighted by Crippen LogP contribution is -2.54. The number of hydrogen-bond acceptors (Lipinski definition) is 4. The Morgan fingerprint density at radius 2 is 2.05 bits per heavy atom. The monoisotopic (exact) mass is 264 g/mol. The summed E-state index contributed by atoms with van der Waals surface area (Å²) in [5.41, 5.74) is 4.04. The van der Waals surface area contributed by atoms with E-state index in [4.69, 9.17) is 15.3 Å². The largest absolute Gasteiger partial charge is 0.497 e. The fourth-order valence-corrected chi connectivity index (χ4v) is 3.10. The first-order valence-electron chi connectivity index (χ1n) is 6.88. The first-order valence-corrected chi connectivity index (χ1v) is 6.88. The lowest BCUT2D eigenvalue weighted by molar-refractivity contribution is -0.0355. The molecule has 2 rings (SSSR count). The second kappa shape index (κ2) is 6.37. The molecule has 0 radical (unpaired) electrons. The Morgan fingerprint density at radius 3 is 2.63 bits per heavy atom. The molecule has 1 aromatic carbocycles. The van der Waals surface area contributed by atoms with Crippen LogP contribution in [0, 0.1) is 0 Å². The van der Waals surface area contributed by atoms with Gasteiger partial charge < -0.3 is 9.47 Å². The molecule has 0 spiro atoms. The average molecular weight is 264 g/mol. The van der Waals surface area contributed by atoms with Crippen molar-refractivity contribution in [2.24, 2.45) is 5.84 Å². The molecule has 1 atom stereocenters. The van der Waals surface area contributed by atoms with Gasteiger partial charge in [-0.25, -0.2) is 0 Å². The number of methoxy groups -OCH3 is 2. The van der Waals surface area contributed by atoms with Crippen LogP contribution in [0.2, 0.25) is 0 Å². The van der Waals surface area contributed by atoms with Crippen LogP contribution in [-0.2, 0) is 11.2 Å². The van der Waals surface area contributed by atoms with Crippen LogP contribution < -0.4 is 16.0 Å². The predicted molar refractivity (Wildman–Crippen MR) is 76.0 cm³/mol. The van der Waals surface area contributed by atoms with Crippen molar-refractivity contribution in [3.05, 3.63) is 29.8 Å². The van der Waals surface area contributed by atoms with E-state index < -0.39 is 0 Å². The lowest BCUT2D eigenvalue weighted by atomic mass is 9.87. The third kappa shape index (κ3) is 3.08. The third-order valence-corrected chi connectivity index (χ3v) is 4.27. The predicted octanol–water partition coefficient (Wildman–Crippen LogP) is 2.03. The van der Waals surface area contributed by atoms with E-state index in [9.17, 15) is 0 Å². The summed E-state index contributed by atoms with van der Waals surface area (Å²) in [6.45, 7) is 0. The molecule has 106 valence electrons. The molecule has 1 unspecified atom stereocenters. The van der Waals surface area contributed by atoms with E-state index in [1.165, 1.54) is 18.4 Å². The zero-order valence-electron chi connectivity index (χ0n) is 11.8. The van der Waals surface area contributed by atoms with Crippen molar-refractivity contribution in [1.82, 2.24) is 5.43 Å². The normalized spacial score (nSPS) is 19.3. The lowest BCUT2D eigenvalue weighted by Gasteiger charge is -2.36. The Kier molecular flexibility index (Phi) is 4.80. The van der Waals surface area contributed by atoms with Crippen LogP contribution in [0.15, 0.2) is 24.3 Å². The molecular formula is C15H24N2O2. The summed E-state index contributed by atoms with van der Waals surface area (Å²) < 4.78 is 11.1. The Morgan fingerprint density at radius 1 is 1.32 bits per heavy atom. The summed E-state index contributed by atoms with van der Waals surface area (Å²) in [7, 11) is 3.48. The fraction of sp³-hybridized carbons (Fsp3) is 0.600.